The number of hydrogen-bond acceptors (Lipinski definition) is 0. The molecule has 0 fully saturated rings. The number of aromatic nitrogens is 2. The molecule has 0 aliphatic carbocycles. The van der Waals surface area contributed by atoms with E-state index < -0.39 is 0 Å². The van der Waals surface area contributed by atoms with Gasteiger partial charge < -0.3 is 0 Å². The molecule has 2 N–H and O–H groups in total. The van der Waals surface area contributed by atoms with E-state index in [0.717, 1.165) is 6.42 Å². The fourth-order valence-corrected chi connectivity index (χ4v) is 1.99. The van der Waals surface area contributed by atoms with Gasteiger partial charge in [-0.2, -0.15) is 5.10 Å². The molecular formula is C13H19N2+. The quantitative estimate of drug-likeness (QED) is 0.724. The molecule has 80 valence electrons. The van der Waals surface area contributed by atoms with Gasteiger partial charge in [-0.25, -0.2) is 0 Å². The largest absolute Gasteiger partial charge is 0.236 e. The first kappa shape index (κ1) is 10.2. The van der Waals surface area contributed by atoms with Crippen molar-refractivity contribution in [2.75, 3.05) is 0 Å². The number of para-hydroxylation sites is 1. The molecule has 0 amide bonds. The van der Waals surface area contributed by atoms with Gasteiger partial charge in [0, 0.05) is 6.07 Å². The Morgan fingerprint density at radius 2 is 2.00 bits per heavy atom. The van der Waals surface area contributed by atoms with Gasteiger partial charge in [-0.3, -0.25) is 0 Å². The van der Waals surface area contributed by atoms with Crippen LogP contribution in [-0.2, 0) is 6.42 Å². The molecule has 0 bridgehead atoms. The van der Waals surface area contributed by atoms with Crippen LogP contribution in [0, 0.1) is 0 Å². The third-order valence-corrected chi connectivity index (χ3v) is 2.88. The molecule has 0 saturated heterocycles. The lowest BCUT2D eigenvalue weighted by Gasteiger charge is -1.96. The Morgan fingerprint density at radius 1 is 1.13 bits per heavy atom. The number of benzene rings is 1. The number of nitrogens with one attached hydrogen (secondary N) is 2. The number of H-pyrrole nitrogens is 2. The summed E-state index contributed by atoms with van der Waals surface area (Å²) in [4.78, 5) is 0. The Balaban J connectivity index is 2.02. The highest BCUT2D eigenvalue weighted by Gasteiger charge is 2.08. The maximum Gasteiger partial charge on any atom is 0.236 e. The third kappa shape index (κ3) is 2.38. The van der Waals surface area contributed by atoms with E-state index in [2.05, 4.69) is 41.4 Å². The summed E-state index contributed by atoms with van der Waals surface area (Å²) >= 11 is 0. The molecule has 2 aromatic rings. The second kappa shape index (κ2) is 4.96. The highest BCUT2D eigenvalue weighted by molar-refractivity contribution is 5.77. The van der Waals surface area contributed by atoms with Crippen LogP contribution < -0.4 is 5.10 Å². The van der Waals surface area contributed by atoms with Gasteiger partial charge in [0.2, 0.25) is 5.52 Å². The van der Waals surface area contributed by atoms with Crippen molar-refractivity contribution in [1.82, 2.24) is 5.10 Å². The van der Waals surface area contributed by atoms with Crippen LogP contribution in [0.3, 0.4) is 0 Å². The maximum absolute atomic E-state index is 3.27. The molecule has 0 radical (unpaired) electrons. The minimum Gasteiger partial charge on any atom is -0.171 e. The Kier molecular flexibility index (Phi) is 3.38. The van der Waals surface area contributed by atoms with Gasteiger partial charge in [-0.05, 0) is 18.9 Å². The summed E-state index contributed by atoms with van der Waals surface area (Å²) in [5.41, 5.74) is 2.56. The van der Waals surface area contributed by atoms with E-state index in [9.17, 15) is 0 Å². The zero-order valence-corrected chi connectivity index (χ0v) is 9.34. The average Bonchev–Trinajstić information content (AvgIpc) is 2.68. The minimum atomic E-state index is 1.16. The molecule has 0 spiro atoms. The SMILES string of the molecule is CCCCCCc1[nH][nH+]c2ccccc12. The second-order valence-electron chi connectivity index (χ2n) is 4.08. The number of rotatable bonds is 5. The molecule has 1 aromatic carbocycles. The number of aryl methyl sites for hydroxylation is 1. The van der Waals surface area contributed by atoms with Crippen LogP contribution >= 0.6 is 0 Å². The van der Waals surface area contributed by atoms with E-state index in [0.29, 0.717) is 0 Å². The molecule has 0 saturated carbocycles. The van der Waals surface area contributed by atoms with Crippen molar-refractivity contribution in [3.05, 3.63) is 30.0 Å². The minimum absolute atomic E-state index is 1.16. The van der Waals surface area contributed by atoms with Crippen molar-refractivity contribution in [3.63, 3.8) is 0 Å². The van der Waals surface area contributed by atoms with E-state index in [1.54, 1.807) is 0 Å². The van der Waals surface area contributed by atoms with Crippen molar-refractivity contribution in [2.24, 2.45) is 0 Å². The topological polar surface area (TPSA) is 29.9 Å². The van der Waals surface area contributed by atoms with Gasteiger partial charge in [-0.15, -0.1) is 5.10 Å². The van der Waals surface area contributed by atoms with E-state index >= 15 is 0 Å². The fourth-order valence-electron chi connectivity index (χ4n) is 1.99. The fraction of sp³-hybridized carbons (Fsp3) is 0.462. The van der Waals surface area contributed by atoms with Crippen molar-refractivity contribution < 1.29 is 5.10 Å². The van der Waals surface area contributed by atoms with Gasteiger partial charge >= 0.3 is 0 Å². The van der Waals surface area contributed by atoms with Gasteiger partial charge in [0.15, 0.2) is 0 Å². The highest BCUT2D eigenvalue weighted by Crippen LogP contribution is 2.15. The van der Waals surface area contributed by atoms with Gasteiger partial charge in [0.25, 0.3) is 0 Å². The first-order valence-electron chi connectivity index (χ1n) is 5.89. The summed E-state index contributed by atoms with van der Waals surface area (Å²) < 4.78 is 0. The lowest BCUT2D eigenvalue weighted by Crippen LogP contribution is -2.01. The Hall–Kier alpha value is -1.31. The number of hydrogen-bond donors (Lipinski definition) is 1. The zero-order valence-electron chi connectivity index (χ0n) is 9.34. The summed E-state index contributed by atoms with van der Waals surface area (Å²) in [6, 6.07) is 8.45. The highest BCUT2D eigenvalue weighted by atomic mass is 15.1. The zero-order chi connectivity index (χ0) is 10.5. The normalized spacial score (nSPS) is 11.0. The molecule has 15 heavy (non-hydrogen) atoms. The van der Waals surface area contributed by atoms with Crippen molar-refractivity contribution >= 4 is 10.9 Å². The van der Waals surface area contributed by atoms with Crippen LogP contribution in [0.2, 0.25) is 0 Å². The summed E-state index contributed by atoms with van der Waals surface area (Å²) in [5, 5.41) is 7.81. The third-order valence-electron chi connectivity index (χ3n) is 2.88. The molecule has 1 heterocycles. The lowest BCUT2D eigenvalue weighted by atomic mass is 10.1. The summed E-state index contributed by atoms with van der Waals surface area (Å²) in [6.45, 7) is 2.25. The Bertz CT molecular complexity index is 417. The molecule has 0 aliphatic rings. The van der Waals surface area contributed by atoms with Crippen LogP contribution in [0.4, 0.5) is 0 Å². The number of unbranched alkanes of at least 4 members (excludes halogenated alkanes) is 3. The second-order valence-corrected chi connectivity index (χ2v) is 4.08. The summed E-state index contributed by atoms with van der Waals surface area (Å²) in [6.07, 6.45) is 6.43. The Labute approximate surface area is 90.7 Å². The van der Waals surface area contributed by atoms with E-state index in [4.69, 9.17) is 0 Å². The molecule has 2 heteroatoms. The van der Waals surface area contributed by atoms with Gasteiger partial charge in [0.1, 0.15) is 0 Å². The van der Waals surface area contributed by atoms with E-state index in [-0.39, 0.29) is 0 Å². The van der Waals surface area contributed by atoms with Crippen LogP contribution in [0.1, 0.15) is 38.3 Å². The summed E-state index contributed by atoms with van der Waals surface area (Å²) in [7, 11) is 0. The monoisotopic (exact) mass is 203 g/mol. The molecule has 0 atom stereocenters. The molecular weight excluding hydrogens is 184 g/mol. The predicted molar refractivity (Wildman–Crippen MR) is 62.7 cm³/mol. The first-order valence-corrected chi connectivity index (χ1v) is 5.89. The van der Waals surface area contributed by atoms with E-state index in [1.165, 1.54) is 42.3 Å². The van der Waals surface area contributed by atoms with Crippen LogP contribution in [0.5, 0.6) is 0 Å². The van der Waals surface area contributed by atoms with Crippen LogP contribution in [-0.4, -0.2) is 5.10 Å². The van der Waals surface area contributed by atoms with Crippen molar-refractivity contribution in [2.45, 2.75) is 39.0 Å². The molecule has 1 aromatic heterocycles. The van der Waals surface area contributed by atoms with Gasteiger partial charge in [-0.1, -0.05) is 38.3 Å². The standard InChI is InChI=1S/C13H18N2/c1-2-3-4-5-9-12-11-8-6-7-10-13(11)15-14-12/h6-8,10H,2-5,9H2,1H3,(H,14,15)/p+1. The smallest absolute Gasteiger partial charge is 0.171 e. The summed E-state index contributed by atoms with van der Waals surface area (Å²) in [5.74, 6) is 0. The Morgan fingerprint density at radius 3 is 2.87 bits per heavy atom. The predicted octanol–water partition coefficient (Wildman–Crippen LogP) is 3.10. The average molecular weight is 203 g/mol. The lowest BCUT2D eigenvalue weighted by molar-refractivity contribution is -0.421. The molecule has 0 unspecified atom stereocenters. The van der Waals surface area contributed by atoms with Crippen molar-refractivity contribution in [3.8, 4) is 0 Å². The van der Waals surface area contributed by atoms with Crippen molar-refractivity contribution in [1.29, 1.82) is 0 Å². The van der Waals surface area contributed by atoms with Crippen LogP contribution in [0.25, 0.3) is 10.9 Å². The van der Waals surface area contributed by atoms with E-state index in [1.807, 2.05) is 0 Å². The van der Waals surface area contributed by atoms with Gasteiger partial charge in [0.05, 0.1) is 11.1 Å². The number of fused-ring (bicyclic) bond motifs is 1. The first-order chi connectivity index (χ1) is 7.42. The van der Waals surface area contributed by atoms with Crippen LogP contribution in [0.15, 0.2) is 24.3 Å². The molecule has 0 aliphatic heterocycles. The number of aromatic amines is 2. The molecule has 2 rings (SSSR count). The maximum atomic E-state index is 3.27. The molecule has 2 nitrogen and oxygen atoms in total.